The molecule has 0 aliphatic rings. The summed E-state index contributed by atoms with van der Waals surface area (Å²) in [6.45, 7) is 0. The van der Waals surface area contributed by atoms with Gasteiger partial charge in [0.1, 0.15) is 0 Å². The molecular weight excluding hydrogens is 188 g/mol. The molecule has 4 heavy (non-hydrogen) atoms. The molecule has 0 aliphatic carbocycles. The Morgan fingerprint density at radius 3 is 1.25 bits per heavy atom. The van der Waals surface area contributed by atoms with Crippen LogP contribution in [0.1, 0.15) is 0 Å². The predicted octanol–water partition coefficient (Wildman–Crippen LogP) is -1.19. The standard InChI is InChI=1S/2Fe.H3Si.Ti/h;;1H3;. The molecule has 0 amide bonds. The van der Waals surface area contributed by atoms with Crippen molar-refractivity contribution in [2.24, 2.45) is 0 Å². The first-order chi connectivity index (χ1) is 2.00. The Morgan fingerprint density at radius 1 is 1.25 bits per heavy atom. The average molecular weight is 191 g/mol. The molecule has 0 aliphatic heterocycles. The topological polar surface area (TPSA) is 0 Å². The summed E-state index contributed by atoms with van der Waals surface area (Å²) < 4.78 is 0. The van der Waals surface area contributed by atoms with Gasteiger partial charge in [0.25, 0.3) is 0 Å². The predicted molar refractivity (Wildman–Crippen MR) is 9.94 cm³/mol. The van der Waals surface area contributed by atoms with Crippen molar-refractivity contribution in [2.75, 3.05) is 0 Å². The number of hydrogen-bond donors (Lipinski definition) is 0. The molecule has 0 spiro atoms. The molecule has 0 N–H and O–H groups in total. The molecule has 0 saturated carbocycles. The summed E-state index contributed by atoms with van der Waals surface area (Å²) in [6.07, 6.45) is 0. The van der Waals surface area contributed by atoms with E-state index in [-0.39, 0.29) is 0 Å². The van der Waals surface area contributed by atoms with Crippen LogP contribution in [0.25, 0.3) is 0 Å². The Bertz CT molecular complexity index is 6.00. The fourth-order valence-corrected chi connectivity index (χ4v) is 0. The molecule has 0 saturated heterocycles. The SMILES string of the molecule is [SiH3][Fe].[Ti][Fe]. The fourth-order valence-electron chi connectivity index (χ4n) is 0. The van der Waals surface area contributed by atoms with Gasteiger partial charge in [-0.25, -0.2) is 0 Å². The van der Waals surface area contributed by atoms with Gasteiger partial charge in [0, 0.05) is 0 Å². The summed E-state index contributed by atoms with van der Waals surface area (Å²) in [7, 11) is 1.06. The Balaban J connectivity index is 0. The van der Waals surface area contributed by atoms with Crippen molar-refractivity contribution < 1.29 is 46.9 Å². The Hall–Kier alpha value is 1.97. The molecule has 0 aromatic rings. The van der Waals surface area contributed by atoms with Gasteiger partial charge < -0.3 is 0 Å². The zero-order valence-electron chi connectivity index (χ0n) is 2.21. The molecule has 0 aromatic heterocycles. The van der Waals surface area contributed by atoms with Gasteiger partial charge in [-0.05, 0) is 0 Å². The molecule has 0 bridgehead atoms. The molecule has 0 nitrogen and oxygen atoms in total. The van der Waals surface area contributed by atoms with Crippen LogP contribution in [-0.2, 0) is 46.9 Å². The second-order valence-corrected chi connectivity index (χ2v) is 0. The summed E-state index contributed by atoms with van der Waals surface area (Å²) in [5.74, 6) is 0. The minimum absolute atomic E-state index is 1.06. The van der Waals surface area contributed by atoms with Crippen molar-refractivity contribution in [3.05, 3.63) is 0 Å². The summed E-state index contributed by atoms with van der Waals surface area (Å²) >= 11 is 8.39. The van der Waals surface area contributed by atoms with Gasteiger partial charge in [-0.15, -0.1) is 0 Å². The Morgan fingerprint density at radius 2 is 1.25 bits per heavy atom. The van der Waals surface area contributed by atoms with Crippen LogP contribution in [0.15, 0.2) is 0 Å². The van der Waals surface area contributed by atoms with Crippen molar-refractivity contribution in [3.63, 3.8) is 0 Å². The molecule has 0 aromatic carbocycles. The minimum atomic E-state index is 1.06. The van der Waals surface area contributed by atoms with E-state index in [2.05, 4.69) is 28.6 Å². The average Bonchev–Trinajstić information content (AvgIpc) is 1.50. The normalized spacial score (nSPS) is 3.25. The first-order valence-electron chi connectivity index (χ1n) is 0.530. The van der Waals surface area contributed by atoms with Crippen LogP contribution in [0.5, 0.6) is 0 Å². The number of hydrogen-bond acceptors (Lipinski definition) is 0. The van der Waals surface area contributed by atoms with E-state index in [1.165, 1.54) is 0 Å². The Kier molecular flexibility index (Phi) is 47.2. The van der Waals surface area contributed by atoms with Crippen LogP contribution in [0.2, 0.25) is 0 Å². The molecular formula is H3Fe2SiTi. The molecule has 0 heterocycles. The zero-order valence-corrected chi connectivity index (χ0v) is 7.98. The summed E-state index contributed by atoms with van der Waals surface area (Å²) in [5.41, 5.74) is 0. The third-order valence-corrected chi connectivity index (χ3v) is 0. The first kappa shape index (κ1) is 9.36. The van der Waals surface area contributed by atoms with E-state index in [0.717, 1.165) is 8.85 Å². The van der Waals surface area contributed by atoms with Gasteiger partial charge in [0.2, 0.25) is 0 Å². The maximum absolute atomic E-state index is 3.39. The van der Waals surface area contributed by atoms with Crippen LogP contribution in [-0.4, -0.2) is 8.85 Å². The second-order valence-electron chi connectivity index (χ2n) is 0. The van der Waals surface area contributed by atoms with E-state index in [4.69, 9.17) is 0 Å². The maximum atomic E-state index is 3.39. The molecule has 0 fully saturated rings. The summed E-state index contributed by atoms with van der Waals surface area (Å²) in [4.78, 5) is 0. The van der Waals surface area contributed by atoms with E-state index in [1.54, 1.807) is 18.3 Å². The van der Waals surface area contributed by atoms with E-state index in [9.17, 15) is 0 Å². The summed E-state index contributed by atoms with van der Waals surface area (Å²) in [5, 5.41) is 0. The quantitative estimate of drug-likeness (QED) is 0.422. The van der Waals surface area contributed by atoms with Crippen molar-refractivity contribution in [3.8, 4) is 0 Å². The van der Waals surface area contributed by atoms with E-state index >= 15 is 0 Å². The molecule has 4 heteroatoms. The van der Waals surface area contributed by atoms with E-state index in [0.29, 0.717) is 0 Å². The van der Waals surface area contributed by atoms with Crippen LogP contribution in [0.4, 0.5) is 0 Å². The molecule has 0 rings (SSSR count). The van der Waals surface area contributed by atoms with E-state index in [1.807, 2.05) is 0 Å². The second kappa shape index (κ2) is 20.2. The molecule has 0 unspecified atom stereocenters. The molecule has 27 valence electrons. The van der Waals surface area contributed by atoms with Crippen LogP contribution < -0.4 is 0 Å². The monoisotopic (exact) mass is 191 g/mol. The van der Waals surface area contributed by atoms with Gasteiger partial charge in [0.05, 0.1) is 0 Å². The number of rotatable bonds is 0. The van der Waals surface area contributed by atoms with E-state index < -0.39 is 0 Å². The van der Waals surface area contributed by atoms with Gasteiger partial charge in [-0.1, -0.05) is 0 Å². The fraction of sp³-hybridized carbons (Fsp3) is 0. The Labute approximate surface area is 55.3 Å². The van der Waals surface area contributed by atoms with Crippen molar-refractivity contribution in [2.45, 2.75) is 0 Å². The van der Waals surface area contributed by atoms with Crippen LogP contribution in [0, 0.1) is 0 Å². The van der Waals surface area contributed by atoms with Gasteiger partial charge in [-0.2, -0.15) is 0 Å². The zero-order chi connectivity index (χ0) is 4.00. The first-order valence-corrected chi connectivity index (χ1v) is 7.38. The van der Waals surface area contributed by atoms with Gasteiger partial charge in [0.15, 0.2) is 0 Å². The third kappa shape index (κ3) is 9.02. The summed E-state index contributed by atoms with van der Waals surface area (Å²) in [6, 6.07) is 0. The van der Waals surface area contributed by atoms with Gasteiger partial charge in [-0.3, -0.25) is 0 Å². The van der Waals surface area contributed by atoms with Crippen molar-refractivity contribution in [1.29, 1.82) is 0 Å². The van der Waals surface area contributed by atoms with Crippen LogP contribution in [0.3, 0.4) is 0 Å². The van der Waals surface area contributed by atoms with Crippen molar-refractivity contribution >= 4 is 8.85 Å². The van der Waals surface area contributed by atoms with Gasteiger partial charge >= 0.3 is 55.8 Å². The third-order valence-electron chi connectivity index (χ3n) is 0. The molecule has 0 atom stereocenters. The van der Waals surface area contributed by atoms with Crippen LogP contribution >= 0.6 is 0 Å². The van der Waals surface area contributed by atoms with Crippen molar-refractivity contribution in [1.82, 2.24) is 0 Å². The molecule has 0 radical (unpaired) electrons.